The van der Waals surface area contributed by atoms with E-state index in [2.05, 4.69) is 10.0 Å². The smallest absolute Gasteiger partial charge is 0.243 e. The molecule has 4 N–H and O–H groups in total. The minimum Gasteiger partial charge on any atom is -0.349 e. The van der Waals surface area contributed by atoms with Crippen LogP contribution in [0.3, 0.4) is 0 Å². The van der Waals surface area contributed by atoms with Gasteiger partial charge in [0, 0.05) is 19.5 Å². The number of sulfonamides is 1. The number of nitrogens with one attached hydrogen (secondary N) is 2. The van der Waals surface area contributed by atoms with E-state index >= 15 is 0 Å². The zero-order chi connectivity index (χ0) is 17.7. The number of hydrogen-bond donors (Lipinski definition) is 3. The summed E-state index contributed by atoms with van der Waals surface area (Å²) in [6.45, 7) is 5.86. The SMILES string of the molecule is CC(C)C(C)(CN)NC(=O)CCNS(=O)(=O)c1ccccc1F. The highest BCUT2D eigenvalue weighted by Crippen LogP contribution is 2.15. The van der Waals surface area contributed by atoms with Gasteiger partial charge in [-0.2, -0.15) is 0 Å². The minimum absolute atomic E-state index is 0.0595. The lowest BCUT2D eigenvalue weighted by Gasteiger charge is -2.33. The predicted molar refractivity (Wildman–Crippen MR) is 86.6 cm³/mol. The molecule has 1 unspecified atom stereocenters. The maximum Gasteiger partial charge on any atom is 0.243 e. The Kier molecular flexibility index (Phi) is 6.67. The molecule has 1 atom stereocenters. The molecule has 0 saturated heterocycles. The van der Waals surface area contributed by atoms with Gasteiger partial charge in [0.05, 0.1) is 5.54 Å². The first-order chi connectivity index (χ1) is 10.6. The standard InChI is InChI=1S/C15H24FN3O3S/c1-11(2)15(3,10-17)19-14(20)8-9-18-23(21,22)13-7-5-4-6-12(13)16/h4-7,11,18H,8-10,17H2,1-3H3,(H,19,20). The van der Waals surface area contributed by atoms with E-state index in [1.165, 1.54) is 18.2 Å². The van der Waals surface area contributed by atoms with Crippen LogP contribution in [-0.4, -0.2) is 33.0 Å². The second-order valence-corrected chi connectivity index (χ2v) is 7.64. The Hall–Kier alpha value is -1.51. The Morgan fingerprint density at radius 2 is 1.96 bits per heavy atom. The van der Waals surface area contributed by atoms with Crippen molar-refractivity contribution < 1.29 is 17.6 Å². The lowest BCUT2D eigenvalue weighted by atomic mass is 9.88. The molecule has 0 radical (unpaired) electrons. The highest BCUT2D eigenvalue weighted by molar-refractivity contribution is 7.89. The summed E-state index contributed by atoms with van der Waals surface area (Å²) < 4.78 is 39.7. The topological polar surface area (TPSA) is 101 Å². The number of carbonyl (C=O) groups is 1. The van der Waals surface area contributed by atoms with Crippen LogP contribution in [0.25, 0.3) is 0 Å². The monoisotopic (exact) mass is 345 g/mol. The van der Waals surface area contributed by atoms with Crippen molar-refractivity contribution in [3.05, 3.63) is 30.1 Å². The molecule has 0 aliphatic heterocycles. The lowest BCUT2D eigenvalue weighted by molar-refractivity contribution is -0.123. The molecule has 1 amide bonds. The molecule has 1 aromatic rings. The quantitative estimate of drug-likeness (QED) is 0.654. The number of halogens is 1. The molecule has 23 heavy (non-hydrogen) atoms. The number of amides is 1. The molecule has 1 aromatic carbocycles. The molecule has 0 aromatic heterocycles. The predicted octanol–water partition coefficient (Wildman–Crippen LogP) is 0.984. The van der Waals surface area contributed by atoms with Gasteiger partial charge >= 0.3 is 0 Å². The Morgan fingerprint density at radius 1 is 1.35 bits per heavy atom. The van der Waals surface area contributed by atoms with Crippen molar-refractivity contribution in [2.45, 2.75) is 37.6 Å². The van der Waals surface area contributed by atoms with E-state index < -0.39 is 26.3 Å². The fourth-order valence-electron chi connectivity index (χ4n) is 1.85. The minimum atomic E-state index is -3.98. The molecule has 8 heteroatoms. The highest BCUT2D eigenvalue weighted by atomic mass is 32.2. The zero-order valence-electron chi connectivity index (χ0n) is 13.6. The molecule has 6 nitrogen and oxygen atoms in total. The summed E-state index contributed by atoms with van der Waals surface area (Å²) in [4.78, 5) is 11.5. The van der Waals surface area contributed by atoms with Crippen LogP contribution >= 0.6 is 0 Å². The highest BCUT2D eigenvalue weighted by Gasteiger charge is 2.28. The molecule has 0 saturated carbocycles. The summed E-state index contributed by atoms with van der Waals surface area (Å²) in [7, 11) is -3.98. The van der Waals surface area contributed by atoms with Gasteiger partial charge in [-0.1, -0.05) is 26.0 Å². The van der Waals surface area contributed by atoms with Crippen molar-refractivity contribution >= 4 is 15.9 Å². The van der Waals surface area contributed by atoms with Crippen LogP contribution in [-0.2, 0) is 14.8 Å². The summed E-state index contributed by atoms with van der Waals surface area (Å²) in [6.07, 6.45) is -0.0595. The first kappa shape index (κ1) is 19.5. The Labute approximate surface area is 136 Å². The fraction of sp³-hybridized carbons (Fsp3) is 0.533. The third kappa shape index (κ3) is 5.26. The summed E-state index contributed by atoms with van der Waals surface area (Å²) in [6, 6.07) is 5.07. The third-order valence-corrected chi connectivity index (χ3v) is 5.39. The van der Waals surface area contributed by atoms with Crippen molar-refractivity contribution in [3.8, 4) is 0 Å². The number of nitrogens with two attached hydrogens (primary N) is 1. The molecule has 0 aliphatic carbocycles. The van der Waals surface area contributed by atoms with E-state index in [4.69, 9.17) is 5.73 Å². The van der Waals surface area contributed by atoms with Gasteiger partial charge in [-0.05, 0) is 25.0 Å². The first-order valence-electron chi connectivity index (χ1n) is 7.37. The molecular formula is C15H24FN3O3S. The van der Waals surface area contributed by atoms with Gasteiger partial charge in [0.2, 0.25) is 15.9 Å². The van der Waals surface area contributed by atoms with Crippen LogP contribution < -0.4 is 15.8 Å². The maximum atomic E-state index is 13.5. The molecule has 1 rings (SSSR count). The van der Waals surface area contributed by atoms with Crippen LogP contribution in [0.15, 0.2) is 29.2 Å². The van der Waals surface area contributed by atoms with E-state index in [-0.39, 0.29) is 31.3 Å². The van der Waals surface area contributed by atoms with Crippen LogP contribution in [0.1, 0.15) is 27.2 Å². The first-order valence-corrected chi connectivity index (χ1v) is 8.86. The van der Waals surface area contributed by atoms with Crippen LogP contribution in [0, 0.1) is 11.7 Å². The number of carbonyl (C=O) groups excluding carboxylic acids is 1. The van der Waals surface area contributed by atoms with Crippen molar-refractivity contribution in [2.24, 2.45) is 11.7 Å². The van der Waals surface area contributed by atoms with E-state index in [9.17, 15) is 17.6 Å². The van der Waals surface area contributed by atoms with E-state index in [0.29, 0.717) is 0 Å². The largest absolute Gasteiger partial charge is 0.349 e. The van der Waals surface area contributed by atoms with Gasteiger partial charge in [-0.3, -0.25) is 4.79 Å². The second-order valence-electron chi connectivity index (χ2n) is 5.90. The van der Waals surface area contributed by atoms with Crippen LogP contribution in [0.2, 0.25) is 0 Å². The molecule has 0 fully saturated rings. The molecule has 0 spiro atoms. The Balaban J connectivity index is 2.60. The summed E-state index contributed by atoms with van der Waals surface area (Å²) >= 11 is 0. The molecular weight excluding hydrogens is 321 g/mol. The molecule has 0 bridgehead atoms. The number of benzene rings is 1. The lowest BCUT2D eigenvalue weighted by Crippen LogP contribution is -2.55. The third-order valence-electron chi connectivity index (χ3n) is 3.89. The van der Waals surface area contributed by atoms with Gasteiger partial charge in [0.1, 0.15) is 10.7 Å². The summed E-state index contributed by atoms with van der Waals surface area (Å²) in [5.74, 6) is -1.02. The number of rotatable bonds is 8. The van der Waals surface area contributed by atoms with Gasteiger partial charge in [0.25, 0.3) is 0 Å². The normalized spacial score (nSPS) is 14.5. The molecule has 0 aliphatic rings. The summed E-state index contributed by atoms with van der Waals surface area (Å²) in [5, 5.41) is 2.81. The van der Waals surface area contributed by atoms with Gasteiger partial charge in [-0.15, -0.1) is 0 Å². The van der Waals surface area contributed by atoms with Crippen LogP contribution in [0.4, 0.5) is 4.39 Å². The van der Waals surface area contributed by atoms with Gasteiger partial charge in [-0.25, -0.2) is 17.5 Å². The van der Waals surface area contributed by atoms with Crippen molar-refractivity contribution in [1.82, 2.24) is 10.0 Å². The fourth-order valence-corrected chi connectivity index (χ4v) is 2.96. The van der Waals surface area contributed by atoms with E-state index in [0.717, 1.165) is 6.07 Å². The Morgan fingerprint density at radius 3 is 2.48 bits per heavy atom. The van der Waals surface area contributed by atoms with Crippen molar-refractivity contribution in [2.75, 3.05) is 13.1 Å². The van der Waals surface area contributed by atoms with Crippen molar-refractivity contribution in [1.29, 1.82) is 0 Å². The molecule has 0 heterocycles. The van der Waals surface area contributed by atoms with Gasteiger partial charge in [0.15, 0.2) is 0 Å². The number of hydrogen-bond acceptors (Lipinski definition) is 4. The van der Waals surface area contributed by atoms with Crippen molar-refractivity contribution in [3.63, 3.8) is 0 Å². The average Bonchev–Trinajstić information content (AvgIpc) is 2.46. The van der Waals surface area contributed by atoms with E-state index in [1.807, 2.05) is 20.8 Å². The zero-order valence-corrected chi connectivity index (χ0v) is 14.4. The summed E-state index contributed by atoms with van der Waals surface area (Å²) in [5.41, 5.74) is 5.12. The average molecular weight is 345 g/mol. The van der Waals surface area contributed by atoms with Gasteiger partial charge < -0.3 is 11.1 Å². The van der Waals surface area contributed by atoms with E-state index in [1.54, 1.807) is 0 Å². The van der Waals surface area contributed by atoms with Crippen LogP contribution in [0.5, 0.6) is 0 Å². The Bertz CT molecular complexity index is 649. The maximum absolute atomic E-state index is 13.5. The second kappa shape index (κ2) is 7.85. The molecule has 130 valence electrons.